The monoisotopic (exact) mass is 442 g/mol. The molecule has 2 aliphatic rings. The van der Waals surface area contributed by atoms with Gasteiger partial charge in [-0.05, 0) is 61.6 Å². The van der Waals surface area contributed by atoms with E-state index in [1.165, 1.54) is 12.1 Å². The third-order valence-corrected chi connectivity index (χ3v) is 6.91. The van der Waals surface area contributed by atoms with Gasteiger partial charge in [0.2, 0.25) is 15.9 Å². The zero-order chi connectivity index (χ0) is 22.2. The number of nitrogens with zero attached hydrogens (tertiary/aromatic N) is 2. The van der Waals surface area contributed by atoms with Crippen molar-refractivity contribution >= 4 is 33.2 Å². The number of likely N-dealkylation sites (N-methyl/N-ethyl adjacent to an activating group) is 1. The lowest BCUT2D eigenvalue weighted by Gasteiger charge is -2.44. The number of anilines is 2. The molecule has 2 aromatic carbocycles. The molecule has 4 rings (SSSR count). The molecular weight excluding hydrogens is 416 g/mol. The Morgan fingerprint density at radius 1 is 1.13 bits per heavy atom. The van der Waals surface area contributed by atoms with Gasteiger partial charge in [-0.3, -0.25) is 9.59 Å². The Bertz CT molecular complexity index is 1110. The molecule has 3 N–H and O–H groups in total. The van der Waals surface area contributed by atoms with Crippen LogP contribution in [0.2, 0.25) is 0 Å². The van der Waals surface area contributed by atoms with Crippen LogP contribution in [0.3, 0.4) is 0 Å². The Morgan fingerprint density at radius 3 is 2.58 bits per heavy atom. The molecule has 0 unspecified atom stereocenters. The SMILES string of the molecule is CN1C(=O)[C@H]2CCCCN2c2ccc(C(=O)NCCc3ccc(S(N)(=O)=O)cc3)cc21. The van der Waals surface area contributed by atoms with E-state index in [2.05, 4.69) is 10.2 Å². The molecule has 2 aromatic rings. The first-order valence-corrected chi connectivity index (χ1v) is 11.9. The van der Waals surface area contributed by atoms with Gasteiger partial charge in [-0.1, -0.05) is 12.1 Å². The van der Waals surface area contributed by atoms with Crippen LogP contribution < -0.4 is 20.3 Å². The average molecular weight is 443 g/mol. The van der Waals surface area contributed by atoms with Crippen LogP contribution in [0.1, 0.15) is 35.2 Å². The number of primary sulfonamides is 1. The summed E-state index contributed by atoms with van der Waals surface area (Å²) in [7, 11) is -1.95. The summed E-state index contributed by atoms with van der Waals surface area (Å²) in [5.41, 5.74) is 3.14. The molecule has 31 heavy (non-hydrogen) atoms. The van der Waals surface area contributed by atoms with Crippen LogP contribution in [0.5, 0.6) is 0 Å². The van der Waals surface area contributed by atoms with Crippen LogP contribution in [-0.4, -0.2) is 46.4 Å². The van der Waals surface area contributed by atoms with Crippen LogP contribution in [0.4, 0.5) is 11.4 Å². The molecule has 2 amide bonds. The molecule has 0 aromatic heterocycles. The summed E-state index contributed by atoms with van der Waals surface area (Å²) >= 11 is 0. The van der Waals surface area contributed by atoms with Gasteiger partial charge >= 0.3 is 0 Å². The van der Waals surface area contributed by atoms with Crippen molar-refractivity contribution in [2.45, 2.75) is 36.6 Å². The summed E-state index contributed by atoms with van der Waals surface area (Å²) in [6, 6.07) is 11.7. The predicted octanol–water partition coefficient (Wildman–Crippen LogP) is 1.64. The van der Waals surface area contributed by atoms with Crippen molar-refractivity contribution in [2.75, 3.05) is 29.9 Å². The molecule has 1 atom stereocenters. The fourth-order valence-corrected chi connectivity index (χ4v) is 4.78. The Hall–Kier alpha value is -2.91. The number of amides is 2. The largest absolute Gasteiger partial charge is 0.358 e. The molecule has 1 fully saturated rings. The Morgan fingerprint density at radius 2 is 1.87 bits per heavy atom. The second-order valence-corrected chi connectivity index (χ2v) is 9.56. The van der Waals surface area contributed by atoms with Crippen LogP contribution in [0.15, 0.2) is 47.4 Å². The lowest BCUT2D eigenvalue weighted by Crippen LogP contribution is -2.54. The van der Waals surface area contributed by atoms with Crippen molar-refractivity contribution in [1.82, 2.24) is 5.32 Å². The van der Waals surface area contributed by atoms with Gasteiger partial charge in [0, 0.05) is 25.7 Å². The second-order valence-electron chi connectivity index (χ2n) is 8.00. The predicted molar refractivity (Wildman–Crippen MR) is 119 cm³/mol. The van der Waals surface area contributed by atoms with Crippen LogP contribution in [0.25, 0.3) is 0 Å². The van der Waals surface area contributed by atoms with Gasteiger partial charge in [-0.15, -0.1) is 0 Å². The topological polar surface area (TPSA) is 113 Å². The normalized spacial score (nSPS) is 18.4. The summed E-state index contributed by atoms with van der Waals surface area (Å²) in [6.07, 6.45) is 3.53. The average Bonchev–Trinajstić information content (AvgIpc) is 2.77. The number of piperidine rings is 1. The summed E-state index contributed by atoms with van der Waals surface area (Å²) in [6.45, 7) is 1.25. The molecule has 164 valence electrons. The van der Waals surface area contributed by atoms with Gasteiger partial charge in [0.05, 0.1) is 16.3 Å². The van der Waals surface area contributed by atoms with Crippen LogP contribution in [-0.2, 0) is 21.2 Å². The van der Waals surface area contributed by atoms with Gasteiger partial charge in [0.1, 0.15) is 6.04 Å². The number of rotatable bonds is 5. The smallest absolute Gasteiger partial charge is 0.251 e. The molecule has 0 radical (unpaired) electrons. The third-order valence-electron chi connectivity index (χ3n) is 5.98. The number of carbonyl (C=O) groups excluding carboxylic acids is 2. The van der Waals surface area contributed by atoms with Crippen molar-refractivity contribution < 1.29 is 18.0 Å². The number of nitrogens with one attached hydrogen (secondary N) is 1. The van der Waals surface area contributed by atoms with Gasteiger partial charge in [0.15, 0.2) is 0 Å². The number of hydrogen-bond donors (Lipinski definition) is 2. The van der Waals surface area contributed by atoms with Gasteiger partial charge in [0.25, 0.3) is 5.91 Å². The molecular formula is C22H26N4O4S. The zero-order valence-corrected chi connectivity index (χ0v) is 18.2. The maximum Gasteiger partial charge on any atom is 0.251 e. The van der Waals surface area contributed by atoms with E-state index in [-0.39, 0.29) is 22.8 Å². The second kappa shape index (κ2) is 8.32. The summed E-state index contributed by atoms with van der Waals surface area (Å²) in [5, 5.41) is 7.98. The maximum atomic E-state index is 12.8. The molecule has 8 nitrogen and oxygen atoms in total. The molecule has 0 saturated carbocycles. The maximum absolute atomic E-state index is 12.8. The fourth-order valence-electron chi connectivity index (χ4n) is 4.26. The molecule has 9 heteroatoms. The minimum atomic E-state index is -3.71. The summed E-state index contributed by atoms with van der Waals surface area (Å²) in [5.74, 6) is -0.140. The van der Waals surface area contributed by atoms with E-state index in [0.717, 1.165) is 42.7 Å². The lowest BCUT2D eigenvalue weighted by atomic mass is 9.96. The molecule has 0 spiro atoms. The summed E-state index contributed by atoms with van der Waals surface area (Å²) < 4.78 is 22.6. The molecule has 0 aliphatic carbocycles. The van der Waals surface area contributed by atoms with Crippen LogP contribution >= 0.6 is 0 Å². The fraction of sp³-hybridized carbons (Fsp3) is 0.364. The van der Waals surface area contributed by atoms with Gasteiger partial charge in [-0.2, -0.15) is 0 Å². The number of carbonyl (C=O) groups is 2. The molecule has 0 bridgehead atoms. The quantitative estimate of drug-likeness (QED) is 0.731. The number of sulfonamides is 1. The van der Waals surface area contributed by atoms with Gasteiger partial charge < -0.3 is 15.1 Å². The molecule has 2 aliphatic heterocycles. The standard InChI is InChI=1S/C22H26N4O4S/c1-25-20-14-16(7-10-18(20)26-13-3-2-4-19(26)22(25)28)21(27)24-12-11-15-5-8-17(9-6-15)31(23,29)30/h5-10,14,19H,2-4,11-13H2,1H3,(H,24,27)(H2,23,29,30)/t19-/m1/s1. The first-order chi connectivity index (χ1) is 14.8. The number of hydrogen-bond acceptors (Lipinski definition) is 5. The highest BCUT2D eigenvalue weighted by molar-refractivity contribution is 7.89. The minimum Gasteiger partial charge on any atom is -0.358 e. The Labute approximate surface area is 182 Å². The number of nitrogens with two attached hydrogens (primary N) is 1. The highest BCUT2D eigenvalue weighted by Crippen LogP contribution is 2.39. The highest BCUT2D eigenvalue weighted by atomic mass is 32.2. The Balaban J connectivity index is 1.42. The van der Waals surface area contributed by atoms with Crippen molar-refractivity contribution in [3.8, 4) is 0 Å². The molecule has 2 heterocycles. The first-order valence-electron chi connectivity index (χ1n) is 10.3. The van der Waals surface area contributed by atoms with E-state index in [0.29, 0.717) is 18.5 Å². The van der Waals surface area contributed by atoms with Gasteiger partial charge in [-0.25, -0.2) is 13.6 Å². The van der Waals surface area contributed by atoms with E-state index < -0.39 is 10.0 Å². The van der Waals surface area contributed by atoms with Crippen molar-refractivity contribution in [2.24, 2.45) is 5.14 Å². The first kappa shape index (κ1) is 21.3. The lowest BCUT2D eigenvalue weighted by molar-refractivity contribution is -0.120. The van der Waals surface area contributed by atoms with E-state index in [9.17, 15) is 18.0 Å². The third kappa shape index (κ3) is 4.28. The van der Waals surface area contributed by atoms with Crippen LogP contribution in [0, 0.1) is 0 Å². The molecule has 1 saturated heterocycles. The number of benzene rings is 2. The van der Waals surface area contributed by atoms with Crippen molar-refractivity contribution in [3.63, 3.8) is 0 Å². The van der Waals surface area contributed by atoms with E-state index >= 15 is 0 Å². The Kier molecular flexibility index (Phi) is 5.72. The van der Waals surface area contributed by atoms with Crippen molar-refractivity contribution in [3.05, 3.63) is 53.6 Å². The van der Waals surface area contributed by atoms with E-state index in [1.54, 1.807) is 36.2 Å². The number of fused-ring (bicyclic) bond motifs is 3. The highest BCUT2D eigenvalue weighted by Gasteiger charge is 2.37. The van der Waals surface area contributed by atoms with Crippen molar-refractivity contribution in [1.29, 1.82) is 0 Å². The minimum absolute atomic E-state index is 0.0592. The zero-order valence-electron chi connectivity index (χ0n) is 17.4. The van der Waals surface area contributed by atoms with E-state index in [4.69, 9.17) is 5.14 Å². The van der Waals surface area contributed by atoms with E-state index in [1.807, 2.05) is 6.07 Å². The summed E-state index contributed by atoms with van der Waals surface area (Å²) in [4.78, 5) is 29.3.